The van der Waals surface area contributed by atoms with E-state index in [0.717, 1.165) is 17.9 Å². The minimum Gasteiger partial charge on any atom is -0.506 e. The maximum absolute atomic E-state index is 9.49. The van der Waals surface area contributed by atoms with Crippen molar-refractivity contribution >= 4 is 5.65 Å². The van der Waals surface area contributed by atoms with E-state index in [2.05, 4.69) is 16.8 Å². The second kappa shape index (κ2) is 4.61. The van der Waals surface area contributed by atoms with E-state index in [9.17, 15) is 5.11 Å². The number of imidazole rings is 1. The summed E-state index contributed by atoms with van der Waals surface area (Å²) >= 11 is 0. The highest BCUT2D eigenvalue weighted by molar-refractivity contribution is 5.43. The number of nitrogens with zero attached hydrogens (tertiary/aromatic N) is 3. The Hall–Kier alpha value is -1.55. The lowest BCUT2D eigenvalue weighted by Crippen LogP contribution is -2.33. The molecular formula is C14H19N3O. The number of aromatic nitrogens is 2. The van der Waals surface area contributed by atoms with E-state index < -0.39 is 0 Å². The lowest BCUT2D eigenvalue weighted by Gasteiger charge is -2.33. The third kappa shape index (κ3) is 1.97. The molecule has 18 heavy (non-hydrogen) atoms. The molecule has 4 heteroatoms. The largest absolute Gasteiger partial charge is 0.506 e. The second-order valence-corrected chi connectivity index (χ2v) is 4.96. The maximum Gasteiger partial charge on any atom is 0.137 e. The van der Waals surface area contributed by atoms with Gasteiger partial charge in [-0.25, -0.2) is 4.98 Å². The van der Waals surface area contributed by atoms with Crippen LogP contribution in [-0.4, -0.2) is 32.5 Å². The Balaban J connectivity index is 1.97. The average Bonchev–Trinajstić information content (AvgIpc) is 2.81. The molecule has 4 nitrogen and oxygen atoms in total. The number of pyridine rings is 1. The molecule has 0 aliphatic carbocycles. The zero-order chi connectivity index (χ0) is 12.5. The van der Waals surface area contributed by atoms with Gasteiger partial charge in [-0.05, 0) is 38.1 Å². The minimum absolute atomic E-state index is 0.280. The summed E-state index contributed by atoms with van der Waals surface area (Å²) in [5.41, 5.74) is 2.03. The Morgan fingerprint density at radius 1 is 1.33 bits per heavy atom. The number of hydrogen-bond acceptors (Lipinski definition) is 3. The topological polar surface area (TPSA) is 40.8 Å². The lowest BCUT2D eigenvalue weighted by atomic mass is 10.00. The van der Waals surface area contributed by atoms with Crippen molar-refractivity contribution in [3.63, 3.8) is 0 Å². The van der Waals surface area contributed by atoms with E-state index in [1.54, 1.807) is 12.3 Å². The van der Waals surface area contributed by atoms with Crippen LogP contribution in [0.25, 0.3) is 5.65 Å². The van der Waals surface area contributed by atoms with Gasteiger partial charge in [-0.3, -0.25) is 4.90 Å². The van der Waals surface area contributed by atoms with E-state index >= 15 is 0 Å². The molecule has 0 aromatic carbocycles. The number of piperidine rings is 1. The van der Waals surface area contributed by atoms with Crippen LogP contribution in [0.4, 0.5) is 0 Å². The first-order valence-electron chi connectivity index (χ1n) is 6.69. The highest BCUT2D eigenvalue weighted by atomic mass is 16.3. The van der Waals surface area contributed by atoms with Crippen molar-refractivity contribution < 1.29 is 5.11 Å². The van der Waals surface area contributed by atoms with Gasteiger partial charge in [0.2, 0.25) is 0 Å². The molecule has 3 heterocycles. The number of rotatable bonds is 2. The summed E-state index contributed by atoms with van der Waals surface area (Å²) in [5, 5.41) is 9.49. The normalized spacial score (nSPS) is 21.5. The smallest absolute Gasteiger partial charge is 0.137 e. The van der Waals surface area contributed by atoms with Crippen LogP contribution >= 0.6 is 0 Å². The molecule has 1 saturated heterocycles. The molecule has 0 spiro atoms. The van der Waals surface area contributed by atoms with Crippen molar-refractivity contribution in [1.29, 1.82) is 0 Å². The van der Waals surface area contributed by atoms with Crippen LogP contribution in [-0.2, 0) is 0 Å². The molecule has 1 atom stereocenters. The lowest BCUT2D eigenvalue weighted by molar-refractivity contribution is 0.154. The predicted octanol–water partition coefficient (Wildman–Crippen LogP) is 2.59. The number of hydrogen-bond donors (Lipinski definition) is 1. The van der Waals surface area contributed by atoms with Gasteiger partial charge in [-0.15, -0.1) is 0 Å². The van der Waals surface area contributed by atoms with Crippen LogP contribution in [0.2, 0.25) is 0 Å². The summed E-state index contributed by atoms with van der Waals surface area (Å²) in [6.07, 6.45) is 7.52. The monoisotopic (exact) mass is 245 g/mol. The summed E-state index contributed by atoms with van der Waals surface area (Å²) < 4.78 is 1.91. The van der Waals surface area contributed by atoms with Crippen LogP contribution in [0.3, 0.4) is 0 Å². The van der Waals surface area contributed by atoms with Crippen molar-refractivity contribution in [3.05, 3.63) is 30.2 Å². The Kier molecular flexibility index (Phi) is 2.96. The van der Waals surface area contributed by atoms with Crippen molar-refractivity contribution in [2.24, 2.45) is 0 Å². The summed E-state index contributed by atoms with van der Waals surface area (Å²) in [6.45, 7) is 4.45. The van der Waals surface area contributed by atoms with Gasteiger partial charge in [0.1, 0.15) is 11.4 Å². The Morgan fingerprint density at radius 3 is 3.06 bits per heavy atom. The molecular weight excluding hydrogens is 226 g/mol. The summed E-state index contributed by atoms with van der Waals surface area (Å²) in [6, 6.07) is 3.98. The predicted molar refractivity (Wildman–Crippen MR) is 70.7 cm³/mol. The highest BCUT2D eigenvalue weighted by Crippen LogP contribution is 2.30. The molecule has 0 bridgehead atoms. The first kappa shape index (κ1) is 11.5. The van der Waals surface area contributed by atoms with Gasteiger partial charge < -0.3 is 9.51 Å². The Bertz CT molecular complexity index is 549. The van der Waals surface area contributed by atoms with Crippen molar-refractivity contribution in [1.82, 2.24) is 14.3 Å². The maximum atomic E-state index is 9.49. The van der Waals surface area contributed by atoms with Crippen molar-refractivity contribution in [3.8, 4) is 5.75 Å². The van der Waals surface area contributed by atoms with Crippen LogP contribution in [0, 0.1) is 0 Å². The quantitative estimate of drug-likeness (QED) is 0.884. The van der Waals surface area contributed by atoms with Gasteiger partial charge in [0.05, 0.1) is 17.9 Å². The van der Waals surface area contributed by atoms with Crippen molar-refractivity contribution in [2.75, 3.05) is 13.1 Å². The molecule has 0 saturated carbocycles. The fourth-order valence-electron chi connectivity index (χ4n) is 2.86. The fourth-order valence-corrected chi connectivity index (χ4v) is 2.86. The second-order valence-electron chi connectivity index (χ2n) is 4.96. The van der Waals surface area contributed by atoms with Crippen LogP contribution in [0.5, 0.6) is 5.75 Å². The van der Waals surface area contributed by atoms with Gasteiger partial charge in [0.15, 0.2) is 0 Å². The molecule has 1 aliphatic heterocycles. The van der Waals surface area contributed by atoms with E-state index in [0.29, 0.717) is 6.04 Å². The molecule has 1 N–H and O–H groups in total. The number of aromatic hydroxyl groups is 1. The first-order chi connectivity index (χ1) is 8.78. The molecule has 1 fully saturated rings. The minimum atomic E-state index is 0.280. The third-order valence-corrected chi connectivity index (χ3v) is 3.82. The van der Waals surface area contributed by atoms with Gasteiger partial charge >= 0.3 is 0 Å². The van der Waals surface area contributed by atoms with Gasteiger partial charge in [-0.1, -0.05) is 13.3 Å². The highest BCUT2D eigenvalue weighted by Gasteiger charge is 2.24. The molecule has 96 valence electrons. The van der Waals surface area contributed by atoms with Crippen LogP contribution in [0.15, 0.2) is 24.5 Å². The van der Waals surface area contributed by atoms with Gasteiger partial charge in [0.25, 0.3) is 0 Å². The summed E-state index contributed by atoms with van der Waals surface area (Å²) in [7, 11) is 0. The third-order valence-electron chi connectivity index (χ3n) is 3.82. The number of fused-ring (bicyclic) bond motifs is 1. The average molecular weight is 245 g/mol. The molecule has 1 unspecified atom stereocenters. The zero-order valence-corrected chi connectivity index (χ0v) is 10.7. The Morgan fingerprint density at radius 2 is 2.22 bits per heavy atom. The van der Waals surface area contributed by atoms with Gasteiger partial charge in [-0.2, -0.15) is 0 Å². The summed E-state index contributed by atoms with van der Waals surface area (Å²) in [5.74, 6) is 0.280. The standard InChI is InChI=1S/C14H19N3O/c1-2-16-8-4-3-5-13(16)12-10-17-9-11(18)6-7-14(17)15-12/h6-7,9-10,13,18H,2-5,8H2,1H3. The van der Waals surface area contributed by atoms with E-state index in [4.69, 9.17) is 0 Å². The molecule has 0 amide bonds. The summed E-state index contributed by atoms with van der Waals surface area (Å²) in [4.78, 5) is 7.18. The van der Waals surface area contributed by atoms with Crippen molar-refractivity contribution in [2.45, 2.75) is 32.2 Å². The number of likely N-dealkylation sites (tertiary alicyclic amines) is 1. The molecule has 1 aliphatic rings. The van der Waals surface area contributed by atoms with E-state index in [-0.39, 0.29) is 5.75 Å². The SMILES string of the molecule is CCN1CCCCC1c1cn2cc(O)ccc2n1. The van der Waals surface area contributed by atoms with Gasteiger partial charge in [0, 0.05) is 6.20 Å². The molecule has 3 rings (SSSR count). The zero-order valence-electron chi connectivity index (χ0n) is 10.7. The first-order valence-corrected chi connectivity index (χ1v) is 6.69. The van der Waals surface area contributed by atoms with E-state index in [1.807, 2.05) is 16.7 Å². The Labute approximate surface area is 107 Å². The molecule has 2 aromatic heterocycles. The molecule has 2 aromatic rings. The fraction of sp³-hybridized carbons (Fsp3) is 0.500. The van der Waals surface area contributed by atoms with Crippen LogP contribution < -0.4 is 0 Å². The molecule has 0 radical (unpaired) electrons. The van der Waals surface area contributed by atoms with Crippen LogP contribution in [0.1, 0.15) is 37.9 Å². The van der Waals surface area contributed by atoms with E-state index in [1.165, 1.54) is 25.8 Å².